The van der Waals surface area contributed by atoms with Gasteiger partial charge in [0, 0.05) is 12.6 Å². The number of hydrogen-bond donors (Lipinski definition) is 2. The van der Waals surface area contributed by atoms with E-state index in [1.54, 1.807) is 0 Å². The van der Waals surface area contributed by atoms with Crippen molar-refractivity contribution in [3.63, 3.8) is 0 Å². The molecule has 0 radical (unpaired) electrons. The summed E-state index contributed by atoms with van der Waals surface area (Å²) >= 11 is 0. The molecule has 0 bridgehead atoms. The SMILES string of the molecule is CCC(C)c1ccccc1OCC(=O)NCC(C)NC(=O)COc1ccccc1C(C)CC. The number of benzene rings is 2. The van der Waals surface area contributed by atoms with E-state index in [9.17, 15) is 9.59 Å². The lowest BCUT2D eigenvalue weighted by Crippen LogP contribution is -2.44. The van der Waals surface area contributed by atoms with Crippen LogP contribution in [0.25, 0.3) is 0 Å². The molecule has 0 saturated carbocycles. The molecule has 33 heavy (non-hydrogen) atoms. The van der Waals surface area contributed by atoms with Crippen molar-refractivity contribution in [2.75, 3.05) is 19.8 Å². The monoisotopic (exact) mass is 454 g/mol. The number of ether oxygens (including phenoxy) is 2. The third-order valence-electron chi connectivity index (χ3n) is 5.85. The highest BCUT2D eigenvalue weighted by atomic mass is 16.5. The Bertz CT molecular complexity index is 899. The minimum Gasteiger partial charge on any atom is -0.483 e. The van der Waals surface area contributed by atoms with Crippen molar-refractivity contribution in [1.82, 2.24) is 10.6 Å². The van der Waals surface area contributed by atoms with E-state index in [1.807, 2.05) is 55.5 Å². The van der Waals surface area contributed by atoms with E-state index >= 15 is 0 Å². The first-order valence-electron chi connectivity index (χ1n) is 11.8. The van der Waals surface area contributed by atoms with Gasteiger partial charge in [-0.15, -0.1) is 0 Å². The van der Waals surface area contributed by atoms with Gasteiger partial charge >= 0.3 is 0 Å². The largest absolute Gasteiger partial charge is 0.483 e. The van der Waals surface area contributed by atoms with Gasteiger partial charge in [-0.25, -0.2) is 0 Å². The Kier molecular flexibility index (Phi) is 10.7. The standard InChI is InChI=1S/C27H38N2O4/c1-6-19(3)22-12-8-10-14-24(22)32-17-26(30)28-16-21(5)29-27(31)18-33-25-15-11-9-13-23(25)20(4)7-2/h8-15,19-21H,6-7,16-18H2,1-5H3,(H,28,30)(H,29,31). The Labute approximate surface area is 198 Å². The van der Waals surface area contributed by atoms with E-state index in [0.717, 1.165) is 35.5 Å². The first-order valence-corrected chi connectivity index (χ1v) is 11.8. The molecule has 2 amide bonds. The van der Waals surface area contributed by atoms with Crippen molar-refractivity contribution in [3.8, 4) is 11.5 Å². The van der Waals surface area contributed by atoms with Crippen LogP contribution in [0.2, 0.25) is 0 Å². The molecular weight excluding hydrogens is 416 g/mol. The highest BCUT2D eigenvalue weighted by molar-refractivity contribution is 5.79. The summed E-state index contributed by atoms with van der Waals surface area (Å²) in [5.41, 5.74) is 2.20. The molecule has 6 nitrogen and oxygen atoms in total. The van der Waals surface area contributed by atoms with Crippen molar-refractivity contribution in [2.45, 2.75) is 65.3 Å². The van der Waals surface area contributed by atoms with Gasteiger partial charge in [0.15, 0.2) is 13.2 Å². The van der Waals surface area contributed by atoms with E-state index in [2.05, 4.69) is 38.3 Å². The number of nitrogens with one attached hydrogen (secondary N) is 2. The molecule has 0 aliphatic carbocycles. The number of amides is 2. The second-order valence-electron chi connectivity index (χ2n) is 8.54. The van der Waals surface area contributed by atoms with Gasteiger partial charge in [-0.05, 0) is 54.9 Å². The second kappa shape index (κ2) is 13.5. The normalized spacial score (nSPS) is 13.5. The van der Waals surface area contributed by atoms with Crippen LogP contribution in [0.3, 0.4) is 0 Å². The van der Waals surface area contributed by atoms with Crippen LogP contribution in [0, 0.1) is 0 Å². The number of hydrogen-bond acceptors (Lipinski definition) is 4. The Hall–Kier alpha value is -3.02. The molecule has 2 aromatic carbocycles. The summed E-state index contributed by atoms with van der Waals surface area (Å²) in [6, 6.07) is 15.4. The van der Waals surface area contributed by atoms with Crippen molar-refractivity contribution >= 4 is 11.8 Å². The smallest absolute Gasteiger partial charge is 0.258 e. The summed E-state index contributed by atoms with van der Waals surface area (Å²) in [4.78, 5) is 24.5. The number of rotatable bonds is 13. The Balaban J connectivity index is 1.74. The highest BCUT2D eigenvalue weighted by Crippen LogP contribution is 2.29. The summed E-state index contributed by atoms with van der Waals surface area (Å²) < 4.78 is 11.5. The maximum atomic E-state index is 12.3. The van der Waals surface area contributed by atoms with Gasteiger partial charge in [0.2, 0.25) is 0 Å². The van der Waals surface area contributed by atoms with Crippen LogP contribution in [-0.4, -0.2) is 37.6 Å². The molecule has 3 unspecified atom stereocenters. The maximum absolute atomic E-state index is 12.3. The average Bonchev–Trinajstić information content (AvgIpc) is 2.84. The Morgan fingerprint density at radius 2 is 1.21 bits per heavy atom. The minimum absolute atomic E-state index is 0.0659. The van der Waals surface area contributed by atoms with E-state index < -0.39 is 0 Å². The molecule has 0 heterocycles. The lowest BCUT2D eigenvalue weighted by atomic mass is 9.98. The molecule has 2 rings (SSSR count). The molecule has 180 valence electrons. The molecule has 6 heteroatoms. The lowest BCUT2D eigenvalue weighted by molar-refractivity contribution is -0.125. The highest BCUT2D eigenvalue weighted by Gasteiger charge is 2.14. The van der Waals surface area contributed by atoms with Gasteiger partial charge in [-0.1, -0.05) is 64.1 Å². The fourth-order valence-corrected chi connectivity index (χ4v) is 3.45. The van der Waals surface area contributed by atoms with Crippen molar-refractivity contribution < 1.29 is 19.1 Å². The first kappa shape index (κ1) is 26.2. The lowest BCUT2D eigenvalue weighted by Gasteiger charge is -2.18. The fourth-order valence-electron chi connectivity index (χ4n) is 3.45. The molecule has 0 spiro atoms. The zero-order valence-corrected chi connectivity index (χ0v) is 20.5. The zero-order valence-electron chi connectivity index (χ0n) is 20.5. The minimum atomic E-state index is -0.234. The van der Waals surface area contributed by atoms with Crippen LogP contribution in [-0.2, 0) is 9.59 Å². The molecule has 0 saturated heterocycles. The van der Waals surface area contributed by atoms with Gasteiger partial charge in [0.05, 0.1) is 0 Å². The third-order valence-corrected chi connectivity index (χ3v) is 5.85. The third kappa shape index (κ3) is 8.44. The van der Waals surface area contributed by atoms with Crippen molar-refractivity contribution in [2.24, 2.45) is 0 Å². The molecule has 0 aliphatic heterocycles. The van der Waals surface area contributed by atoms with Crippen molar-refractivity contribution in [3.05, 3.63) is 59.7 Å². The number of carbonyl (C=O) groups excluding carboxylic acids is 2. The van der Waals surface area contributed by atoms with Crippen LogP contribution in [0.4, 0.5) is 0 Å². The number of para-hydroxylation sites is 2. The molecule has 0 aromatic heterocycles. The van der Waals surface area contributed by atoms with Crippen LogP contribution >= 0.6 is 0 Å². The zero-order chi connectivity index (χ0) is 24.2. The average molecular weight is 455 g/mol. The second-order valence-corrected chi connectivity index (χ2v) is 8.54. The molecule has 2 aromatic rings. The number of carbonyl (C=O) groups is 2. The predicted octanol–water partition coefficient (Wildman–Crippen LogP) is 4.79. The van der Waals surface area contributed by atoms with Gasteiger partial charge in [-0.2, -0.15) is 0 Å². The summed E-state index contributed by atoms with van der Waals surface area (Å²) in [5.74, 6) is 1.73. The Morgan fingerprint density at radius 1 is 0.758 bits per heavy atom. The summed E-state index contributed by atoms with van der Waals surface area (Å²) in [6.45, 7) is 10.5. The molecule has 0 fully saturated rings. The predicted molar refractivity (Wildman–Crippen MR) is 132 cm³/mol. The van der Waals surface area contributed by atoms with Gasteiger partial charge < -0.3 is 20.1 Å². The molecular formula is C27H38N2O4. The summed E-state index contributed by atoms with van der Waals surface area (Å²) in [6.07, 6.45) is 1.99. The van der Waals surface area contributed by atoms with Crippen LogP contribution in [0.1, 0.15) is 70.4 Å². The molecule has 0 aliphatic rings. The van der Waals surface area contributed by atoms with Crippen molar-refractivity contribution in [1.29, 1.82) is 0 Å². The summed E-state index contributed by atoms with van der Waals surface area (Å²) in [5, 5.41) is 5.66. The van der Waals surface area contributed by atoms with E-state index in [-0.39, 0.29) is 31.1 Å². The van der Waals surface area contributed by atoms with Gasteiger partial charge in [0.25, 0.3) is 11.8 Å². The maximum Gasteiger partial charge on any atom is 0.258 e. The van der Waals surface area contributed by atoms with Crippen LogP contribution < -0.4 is 20.1 Å². The fraction of sp³-hybridized carbons (Fsp3) is 0.481. The first-order chi connectivity index (χ1) is 15.8. The molecule has 3 atom stereocenters. The topological polar surface area (TPSA) is 76.7 Å². The quantitative estimate of drug-likeness (QED) is 0.456. The van der Waals surface area contributed by atoms with Gasteiger partial charge in [0.1, 0.15) is 11.5 Å². The summed E-state index contributed by atoms with van der Waals surface area (Å²) in [7, 11) is 0. The van der Waals surface area contributed by atoms with Gasteiger partial charge in [-0.3, -0.25) is 9.59 Å². The van der Waals surface area contributed by atoms with E-state index in [4.69, 9.17) is 9.47 Å². The van der Waals surface area contributed by atoms with E-state index in [1.165, 1.54) is 0 Å². The van der Waals surface area contributed by atoms with E-state index in [0.29, 0.717) is 18.4 Å². The molecule has 2 N–H and O–H groups in total. The van der Waals surface area contributed by atoms with Crippen LogP contribution in [0.15, 0.2) is 48.5 Å². The Morgan fingerprint density at radius 3 is 1.70 bits per heavy atom. The van der Waals surface area contributed by atoms with Crippen LogP contribution in [0.5, 0.6) is 11.5 Å².